The normalized spacial score (nSPS) is 20.1. The molecule has 1 N–H and O–H groups in total. The Bertz CT molecular complexity index is 1670. The Hall–Kier alpha value is -4.02. The highest BCUT2D eigenvalue weighted by Gasteiger charge is 2.56. The van der Waals surface area contributed by atoms with Crippen LogP contribution in [0, 0.1) is 18.7 Å². The molecule has 4 aromatic rings. The Morgan fingerprint density at radius 1 is 0.949 bits per heavy atom. The third-order valence-electron chi connectivity index (χ3n) is 6.90. The molecule has 10 heteroatoms. The van der Waals surface area contributed by atoms with Gasteiger partial charge in [-0.05, 0) is 54.4 Å². The third kappa shape index (κ3) is 4.49. The van der Waals surface area contributed by atoms with Crippen LogP contribution in [0.5, 0.6) is 0 Å². The van der Waals surface area contributed by atoms with Gasteiger partial charge in [0.15, 0.2) is 0 Å². The summed E-state index contributed by atoms with van der Waals surface area (Å²) in [7, 11) is 0. The number of fused-ring (bicyclic) bond motifs is 2. The van der Waals surface area contributed by atoms with Gasteiger partial charge in [0.1, 0.15) is 17.6 Å². The van der Waals surface area contributed by atoms with E-state index < -0.39 is 34.7 Å². The number of benzene rings is 3. The lowest BCUT2D eigenvalue weighted by Gasteiger charge is -2.30. The lowest BCUT2D eigenvalue weighted by atomic mass is 9.83. The highest BCUT2D eigenvalue weighted by Crippen LogP contribution is 2.53. The first-order valence-corrected chi connectivity index (χ1v) is 14.0. The number of thioether (sulfide) groups is 1. The van der Waals surface area contributed by atoms with Crippen LogP contribution in [0.15, 0.2) is 88.7 Å². The molecule has 3 atom stereocenters. The minimum Gasteiger partial charge on any atom is -0.325 e. The van der Waals surface area contributed by atoms with Gasteiger partial charge < -0.3 is 5.32 Å². The van der Waals surface area contributed by atoms with E-state index in [1.807, 2.05) is 55.5 Å². The molecule has 2 aliphatic rings. The SMILES string of the molecule is Cc1cccc(NC(=O)Cn2c3c(sc2=O)C(c2ccccc2)C2C(=O)N(c4ccc(F)cc4)C(=O)C2S3)c1. The summed E-state index contributed by atoms with van der Waals surface area (Å²) in [4.78, 5) is 55.0. The number of aryl methyl sites for hydroxylation is 1. The topological polar surface area (TPSA) is 88.5 Å². The maximum atomic E-state index is 13.8. The number of thiazole rings is 1. The minimum absolute atomic E-state index is 0.228. The number of amides is 3. The summed E-state index contributed by atoms with van der Waals surface area (Å²) < 4.78 is 15.0. The average molecular weight is 560 g/mol. The predicted octanol–water partition coefficient (Wildman–Crippen LogP) is 4.79. The molecule has 3 unspecified atom stereocenters. The molecule has 1 aromatic heterocycles. The lowest BCUT2D eigenvalue weighted by molar-refractivity contribution is -0.122. The first kappa shape index (κ1) is 25.3. The van der Waals surface area contributed by atoms with E-state index in [0.29, 0.717) is 21.3 Å². The fraction of sp³-hybridized carbons (Fsp3) is 0.172. The van der Waals surface area contributed by atoms with E-state index in [4.69, 9.17) is 0 Å². The summed E-state index contributed by atoms with van der Waals surface area (Å²) in [6.45, 7) is 1.69. The summed E-state index contributed by atoms with van der Waals surface area (Å²) in [5, 5.41) is 2.54. The van der Waals surface area contributed by atoms with Gasteiger partial charge >= 0.3 is 4.87 Å². The van der Waals surface area contributed by atoms with Gasteiger partial charge in [-0.2, -0.15) is 0 Å². The monoisotopic (exact) mass is 559 g/mol. The molecule has 1 saturated heterocycles. The van der Waals surface area contributed by atoms with Gasteiger partial charge in [-0.3, -0.25) is 23.7 Å². The molecule has 1 fully saturated rings. The second-order valence-electron chi connectivity index (χ2n) is 9.48. The van der Waals surface area contributed by atoms with Crippen LogP contribution in [-0.4, -0.2) is 27.5 Å². The van der Waals surface area contributed by atoms with Crippen molar-refractivity contribution in [2.24, 2.45) is 5.92 Å². The molecular weight excluding hydrogens is 537 g/mol. The van der Waals surface area contributed by atoms with Gasteiger partial charge in [-0.1, -0.05) is 65.6 Å². The molecule has 0 spiro atoms. The van der Waals surface area contributed by atoms with Crippen molar-refractivity contribution >= 4 is 52.2 Å². The van der Waals surface area contributed by atoms with E-state index in [2.05, 4.69) is 5.32 Å². The van der Waals surface area contributed by atoms with Crippen LogP contribution in [0.1, 0.15) is 21.9 Å². The quantitative estimate of drug-likeness (QED) is 0.355. The highest BCUT2D eigenvalue weighted by atomic mass is 32.2. The number of carbonyl (C=O) groups excluding carboxylic acids is 3. The van der Waals surface area contributed by atoms with Gasteiger partial charge in [0.05, 0.1) is 16.6 Å². The highest BCUT2D eigenvalue weighted by molar-refractivity contribution is 8.00. The Morgan fingerprint density at radius 3 is 2.41 bits per heavy atom. The van der Waals surface area contributed by atoms with Crippen molar-refractivity contribution in [2.75, 3.05) is 10.2 Å². The Labute approximate surface area is 231 Å². The summed E-state index contributed by atoms with van der Waals surface area (Å²) in [6, 6.07) is 21.9. The molecule has 0 bridgehead atoms. The van der Waals surface area contributed by atoms with Crippen molar-refractivity contribution in [2.45, 2.75) is 29.7 Å². The Kier molecular flexibility index (Phi) is 6.44. The molecule has 3 heterocycles. The van der Waals surface area contributed by atoms with Crippen molar-refractivity contribution in [3.8, 4) is 0 Å². The molecule has 7 nitrogen and oxygen atoms in total. The zero-order valence-corrected chi connectivity index (χ0v) is 22.3. The van der Waals surface area contributed by atoms with Crippen LogP contribution in [-0.2, 0) is 20.9 Å². The van der Waals surface area contributed by atoms with Crippen LogP contribution >= 0.6 is 23.1 Å². The molecule has 0 saturated carbocycles. The fourth-order valence-electron chi connectivity index (χ4n) is 5.19. The van der Waals surface area contributed by atoms with E-state index in [1.54, 1.807) is 6.07 Å². The van der Waals surface area contributed by atoms with Crippen LogP contribution in [0.3, 0.4) is 0 Å². The number of nitrogens with zero attached hydrogens (tertiary/aromatic N) is 2. The van der Waals surface area contributed by atoms with Gasteiger partial charge in [-0.15, -0.1) is 0 Å². The Morgan fingerprint density at radius 2 is 1.69 bits per heavy atom. The molecule has 0 aliphatic carbocycles. The van der Waals surface area contributed by atoms with Crippen LogP contribution in [0.25, 0.3) is 0 Å². The first-order valence-electron chi connectivity index (χ1n) is 12.3. The van der Waals surface area contributed by atoms with E-state index in [0.717, 1.165) is 39.1 Å². The standard InChI is InChI=1S/C29H22FN3O4S2/c1-16-6-5-9-19(14-16)31-21(34)15-32-28-25(39-29(32)37)22(17-7-3-2-4-8-17)23-24(38-28)27(36)33(26(23)35)20-12-10-18(30)11-13-20/h2-14,22-24H,15H2,1H3,(H,31,34). The number of hydrogen-bond acceptors (Lipinski definition) is 6. The van der Waals surface area contributed by atoms with Crippen molar-refractivity contribution < 1.29 is 18.8 Å². The number of nitrogens with one attached hydrogen (secondary N) is 1. The third-order valence-corrected chi connectivity index (χ3v) is 9.50. The summed E-state index contributed by atoms with van der Waals surface area (Å²) in [6.07, 6.45) is 0. The molecule has 0 radical (unpaired) electrons. The summed E-state index contributed by atoms with van der Waals surface area (Å²) >= 11 is 2.14. The average Bonchev–Trinajstić information content (AvgIpc) is 3.36. The number of rotatable bonds is 5. The molecule has 6 rings (SSSR count). The molecule has 3 aromatic carbocycles. The van der Waals surface area contributed by atoms with E-state index in [1.165, 1.54) is 28.8 Å². The van der Waals surface area contributed by atoms with Gasteiger partial charge in [0.2, 0.25) is 17.7 Å². The van der Waals surface area contributed by atoms with E-state index >= 15 is 0 Å². The van der Waals surface area contributed by atoms with Crippen LogP contribution < -0.4 is 15.1 Å². The van der Waals surface area contributed by atoms with Crippen molar-refractivity contribution in [1.29, 1.82) is 0 Å². The largest absolute Gasteiger partial charge is 0.325 e. The molecule has 39 heavy (non-hydrogen) atoms. The number of halogens is 1. The number of anilines is 2. The molecule has 2 aliphatic heterocycles. The first-order chi connectivity index (χ1) is 18.8. The van der Waals surface area contributed by atoms with Gasteiger partial charge in [0, 0.05) is 16.5 Å². The molecular formula is C29H22FN3O4S2. The zero-order valence-electron chi connectivity index (χ0n) is 20.7. The van der Waals surface area contributed by atoms with Crippen LogP contribution in [0.4, 0.5) is 15.8 Å². The molecule has 3 amide bonds. The maximum Gasteiger partial charge on any atom is 0.308 e. The predicted molar refractivity (Wildman–Crippen MR) is 149 cm³/mol. The number of hydrogen-bond donors (Lipinski definition) is 1. The fourth-order valence-corrected chi connectivity index (χ4v) is 7.96. The van der Waals surface area contributed by atoms with Crippen LogP contribution in [0.2, 0.25) is 0 Å². The second-order valence-corrected chi connectivity index (χ2v) is 11.6. The zero-order chi connectivity index (χ0) is 27.3. The molecule has 196 valence electrons. The second kappa shape index (κ2) is 9.94. The minimum atomic E-state index is -0.805. The number of aromatic nitrogens is 1. The van der Waals surface area contributed by atoms with Gasteiger partial charge in [-0.25, -0.2) is 9.29 Å². The summed E-state index contributed by atoms with van der Waals surface area (Å²) in [5.41, 5.74) is 2.71. The van der Waals surface area contributed by atoms with Crippen molar-refractivity contribution in [3.05, 3.63) is 110 Å². The van der Waals surface area contributed by atoms with Crippen molar-refractivity contribution in [1.82, 2.24) is 4.57 Å². The lowest BCUT2D eigenvalue weighted by Crippen LogP contribution is -2.33. The van der Waals surface area contributed by atoms with Gasteiger partial charge in [0.25, 0.3) is 0 Å². The Balaban J connectivity index is 1.40. The smallest absolute Gasteiger partial charge is 0.308 e. The van der Waals surface area contributed by atoms with E-state index in [-0.39, 0.29) is 17.3 Å². The number of imide groups is 1. The number of carbonyl (C=O) groups is 3. The van der Waals surface area contributed by atoms with Crippen molar-refractivity contribution in [3.63, 3.8) is 0 Å². The maximum absolute atomic E-state index is 13.8. The summed E-state index contributed by atoms with van der Waals surface area (Å²) in [5.74, 6) is -2.97. The van der Waals surface area contributed by atoms with E-state index in [9.17, 15) is 23.6 Å².